The summed E-state index contributed by atoms with van der Waals surface area (Å²) in [5.74, 6) is 1.22. The molecule has 2 nitrogen and oxygen atoms in total. The van der Waals surface area contributed by atoms with Gasteiger partial charge in [-0.1, -0.05) is 38.1 Å². The summed E-state index contributed by atoms with van der Waals surface area (Å²) in [6.45, 7) is 4.85. The second-order valence-electron chi connectivity index (χ2n) is 4.86. The minimum absolute atomic E-state index is 0.113. The maximum atomic E-state index is 5.66. The number of benzene rings is 1. The first-order chi connectivity index (χ1) is 8.75. The van der Waals surface area contributed by atoms with Crippen molar-refractivity contribution in [3.05, 3.63) is 48.0 Å². The van der Waals surface area contributed by atoms with Crippen LogP contribution in [0.25, 0.3) is 10.8 Å². The highest BCUT2D eigenvalue weighted by molar-refractivity contribution is 5.86. The Hall–Kier alpha value is -2.01. The molecule has 18 heavy (non-hydrogen) atoms. The van der Waals surface area contributed by atoms with Crippen molar-refractivity contribution < 1.29 is 4.74 Å². The van der Waals surface area contributed by atoms with Crippen molar-refractivity contribution in [2.24, 2.45) is 10.9 Å². The predicted octanol–water partition coefficient (Wildman–Crippen LogP) is 3.57. The minimum Gasteiger partial charge on any atom is -0.478 e. The van der Waals surface area contributed by atoms with Gasteiger partial charge in [-0.05, 0) is 29.1 Å². The third-order valence-corrected chi connectivity index (χ3v) is 3.21. The SMILES string of the molecule is CC(C)C1=NC(c2cccc3c#cccc23)CO1. The molecule has 1 aliphatic rings. The summed E-state index contributed by atoms with van der Waals surface area (Å²) in [5.41, 5.74) is 1.22. The van der Waals surface area contributed by atoms with E-state index in [9.17, 15) is 0 Å². The number of rotatable bonds is 2. The summed E-state index contributed by atoms with van der Waals surface area (Å²) < 4.78 is 5.66. The number of nitrogens with zero attached hydrogens (tertiary/aromatic N) is 1. The Bertz CT molecular complexity index is 596. The van der Waals surface area contributed by atoms with Crippen LogP contribution in [0.3, 0.4) is 0 Å². The normalized spacial score (nSPS) is 18.6. The number of fused-ring (bicyclic) bond motifs is 1. The first kappa shape index (κ1) is 11.1. The predicted molar refractivity (Wildman–Crippen MR) is 72.6 cm³/mol. The van der Waals surface area contributed by atoms with Gasteiger partial charge in [-0.2, -0.15) is 0 Å². The van der Waals surface area contributed by atoms with Gasteiger partial charge in [0.05, 0.1) is 0 Å². The number of hydrogen-bond acceptors (Lipinski definition) is 2. The second-order valence-corrected chi connectivity index (χ2v) is 4.86. The Morgan fingerprint density at radius 3 is 3.00 bits per heavy atom. The first-order valence-electron chi connectivity index (χ1n) is 6.27. The van der Waals surface area contributed by atoms with Crippen LogP contribution in [0, 0.1) is 18.1 Å². The van der Waals surface area contributed by atoms with Crippen LogP contribution in [-0.4, -0.2) is 12.5 Å². The van der Waals surface area contributed by atoms with E-state index < -0.39 is 0 Å². The summed E-state index contributed by atoms with van der Waals surface area (Å²) in [6, 6.07) is 16.4. The molecule has 1 atom stereocenters. The van der Waals surface area contributed by atoms with Gasteiger partial charge in [0.25, 0.3) is 0 Å². The molecule has 90 valence electrons. The highest BCUT2D eigenvalue weighted by atomic mass is 16.5. The summed E-state index contributed by atoms with van der Waals surface area (Å²) >= 11 is 0. The van der Waals surface area contributed by atoms with Crippen molar-refractivity contribution in [1.82, 2.24) is 0 Å². The molecule has 0 amide bonds. The first-order valence-corrected chi connectivity index (χ1v) is 6.27. The van der Waals surface area contributed by atoms with Crippen LogP contribution in [0.15, 0.2) is 35.3 Å². The Kier molecular flexibility index (Phi) is 2.68. The van der Waals surface area contributed by atoms with Crippen LogP contribution >= 0.6 is 0 Å². The summed E-state index contributed by atoms with van der Waals surface area (Å²) in [6.07, 6.45) is 0. The average molecular weight is 237 g/mol. The second kappa shape index (κ2) is 4.34. The topological polar surface area (TPSA) is 21.6 Å². The fraction of sp³-hybridized carbons (Fsp3) is 0.312. The molecule has 0 saturated carbocycles. The third-order valence-electron chi connectivity index (χ3n) is 3.21. The van der Waals surface area contributed by atoms with Gasteiger partial charge in [0.1, 0.15) is 12.6 Å². The van der Waals surface area contributed by atoms with Crippen molar-refractivity contribution >= 4 is 16.7 Å². The molecule has 0 bridgehead atoms. The van der Waals surface area contributed by atoms with Gasteiger partial charge in [0.2, 0.25) is 0 Å². The monoisotopic (exact) mass is 237 g/mol. The molecular formula is C16H15NO. The number of hydrogen-bond donors (Lipinski definition) is 0. The van der Waals surface area contributed by atoms with E-state index in [1.165, 1.54) is 10.9 Å². The van der Waals surface area contributed by atoms with Gasteiger partial charge in [0, 0.05) is 11.3 Å². The van der Waals surface area contributed by atoms with E-state index in [4.69, 9.17) is 4.74 Å². The summed E-state index contributed by atoms with van der Waals surface area (Å²) in [4.78, 5) is 4.68. The fourth-order valence-corrected chi connectivity index (χ4v) is 2.28. The zero-order valence-electron chi connectivity index (χ0n) is 10.6. The number of ether oxygens (including phenoxy) is 1. The molecule has 0 fully saturated rings. The van der Waals surface area contributed by atoms with Crippen LogP contribution < -0.4 is 0 Å². The maximum Gasteiger partial charge on any atom is 0.186 e. The lowest BCUT2D eigenvalue weighted by Crippen LogP contribution is -2.06. The van der Waals surface area contributed by atoms with E-state index in [1.807, 2.05) is 12.1 Å². The molecule has 2 aromatic rings. The van der Waals surface area contributed by atoms with E-state index in [0.717, 1.165) is 11.3 Å². The van der Waals surface area contributed by atoms with Crippen molar-refractivity contribution in [2.45, 2.75) is 19.9 Å². The van der Waals surface area contributed by atoms with Crippen LogP contribution in [0.2, 0.25) is 0 Å². The van der Waals surface area contributed by atoms with Gasteiger partial charge in [-0.3, -0.25) is 0 Å². The van der Waals surface area contributed by atoms with Gasteiger partial charge < -0.3 is 4.74 Å². The van der Waals surface area contributed by atoms with Crippen LogP contribution in [-0.2, 0) is 4.74 Å². The zero-order valence-corrected chi connectivity index (χ0v) is 10.6. The summed E-state index contributed by atoms with van der Waals surface area (Å²) in [7, 11) is 0. The molecule has 2 heteroatoms. The van der Waals surface area contributed by atoms with Crippen molar-refractivity contribution in [3.63, 3.8) is 0 Å². The average Bonchev–Trinajstić information content (AvgIpc) is 2.87. The van der Waals surface area contributed by atoms with E-state index in [0.29, 0.717) is 12.5 Å². The lowest BCUT2D eigenvalue weighted by molar-refractivity contribution is 0.304. The van der Waals surface area contributed by atoms with E-state index in [1.54, 1.807) is 0 Å². The Morgan fingerprint density at radius 2 is 2.22 bits per heavy atom. The molecule has 0 aliphatic carbocycles. The van der Waals surface area contributed by atoms with Gasteiger partial charge >= 0.3 is 0 Å². The van der Waals surface area contributed by atoms with E-state index in [-0.39, 0.29) is 6.04 Å². The number of aliphatic imine (C=N–C) groups is 1. The molecule has 0 radical (unpaired) electrons. The molecule has 0 spiro atoms. The van der Waals surface area contributed by atoms with Gasteiger partial charge in [-0.15, -0.1) is 0 Å². The Labute approximate surface area is 107 Å². The maximum absolute atomic E-state index is 5.66. The van der Waals surface area contributed by atoms with Crippen LogP contribution in [0.5, 0.6) is 0 Å². The molecule has 0 saturated heterocycles. The van der Waals surface area contributed by atoms with Crippen LogP contribution in [0.4, 0.5) is 0 Å². The fourth-order valence-electron chi connectivity index (χ4n) is 2.28. The van der Waals surface area contributed by atoms with Crippen LogP contribution in [0.1, 0.15) is 25.5 Å². The smallest absolute Gasteiger partial charge is 0.186 e. The largest absolute Gasteiger partial charge is 0.478 e. The lowest BCUT2D eigenvalue weighted by Gasteiger charge is -2.08. The Morgan fingerprint density at radius 1 is 1.33 bits per heavy atom. The highest BCUT2D eigenvalue weighted by Gasteiger charge is 2.23. The molecule has 1 unspecified atom stereocenters. The molecule has 0 N–H and O–H groups in total. The molecule has 1 aliphatic heterocycles. The molecule has 2 aromatic carbocycles. The van der Waals surface area contributed by atoms with E-state index in [2.05, 4.69) is 49.2 Å². The Balaban J connectivity index is 2.06. The standard InChI is InChI=1S/C16H15NO/c1-11(2)16-17-15(10-18-16)14-9-5-7-12-6-3-4-8-13(12)14/h4-5,7-9,11,15H,10H2,1-2H3. The summed E-state index contributed by atoms with van der Waals surface area (Å²) in [5, 5.41) is 2.28. The lowest BCUT2D eigenvalue weighted by atomic mass is 10.0. The van der Waals surface area contributed by atoms with Crippen molar-refractivity contribution in [1.29, 1.82) is 0 Å². The van der Waals surface area contributed by atoms with Gasteiger partial charge in [-0.25, -0.2) is 4.99 Å². The van der Waals surface area contributed by atoms with Gasteiger partial charge in [0.15, 0.2) is 5.90 Å². The minimum atomic E-state index is 0.113. The molecular weight excluding hydrogens is 222 g/mol. The van der Waals surface area contributed by atoms with E-state index >= 15 is 0 Å². The highest BCUT2D eigenvalue weighted by Crippen LogP contribution is 2.30. The quantitative estimate of drug-likeness (QED) is 0.782. The molecule has 1 heterocycles. The van der Waals surface area contributed by atoms with Crippen molar-refractivity contribution in [3.8, 4) is 0 Å². The molecule has 3 rings (SSSR count). The van der Waals surface area contributed by atoms with Crippen molar-refractivity contribution in [2.75, 3.05) is 6.61 Å². The third kappa shape index (κ3) is 1.82. The zero-order chi connectivity index (χ0) is 12.5. The molecule has 0 aromatic heterocycles.